The van der Waals surface area contributed by atoms with E-state index in [9.17, 15) is 13.2 Å². The number of halogens is 4. The van der Waals surface area contributed by atoms with Gasteiger partial charge in [-0.2, -0.15) is 0 Å². The molecule has 0 spiro atoms. The molecule has 3 rings (SSSR count). The predicted octanol–water partition coefficient (Wildman–Crippen LogP) is 4.93. The van der Waals surface area contributed by atoms with Gasteiger partial charge >= 0.3 is 0 Å². The number of hydrogen-bond acceptors (Lipinski definition) is 4. The molecular weight excluding hydrogens is 513 g/mol. The molecule has 0 bridgehead atoms. The molecule has 6 nitrogen and oxygen atoms in total. The van der Waals surface area contributed by atoms with Crippen LogP contribution in [-0.4, -0.2) is 23.9 Å². The van der Waals surface area contributed by atoms with Crippen LogP contribution in [0.3, 0.4) is 0 Å². The van der Waals surface area contributed by atoms with Crippen molar-refractivity contribution in [3.8, 4) is 11.4 Å². The van der Waals surface area contributed by atoms with Gasteiger partial charge in [-0.3, -0.25) is 4.79 Å². The maximum absolute atomic E-state index is 12.6. The molecule has 0 saturated heterocycles. The van der Waals surface area contributed by atoms with Crippen LogP contribution in [0.15, 0.2) is 52.0 Å². The lowest BCUT2D eigenvalue weighted by molar-refractivity contribution is 0.0977. The fourth-order valence-electron chi connectivity index (χ4n) is 2.47. The Morgan fingerprint density at radius 1 is 1.11 bits per heavy atom. The quantitative estimate of drug-likeness (QED) is 0.526. The largest absolute Gasteiger partial charge is 0.333 e. The highest BCUT2D eigenvalue weighted by atomic mass is 79.9. The summed E-state index contributed by atoms with van der Waals surface area (Å²) >= 11 is 21.3. The van der Waals surface area contributed by atoms with Gasteiger partial charge in [0.15, 0.2) is 0 Å². The zero-order chi connectivity index (χ0) is 20.6. The van der Waals surface area contributed by atoms with Crippen molar-refractivity contribution in [1.82, 2.24) is 14.3 Å². The van der Waals surface area contributed by atoms with Gasteiger partial charge in [-0.05, 0) is 40.2 Å². The number of carbonyl (C=O) groups excluding carboxylic acids is 1. The van der Waals surface area contributed by atoms with Gasteiger partial charge in [-0.25, -0.2) is 18.1 Å². The first kappa shape index (κ1) is 21.1. The van der Waals surface area contributed by atoms with Gasteiger partial charge in [0.2, 0.25) is 0 Å². The number of nitrogens with zero attached hydrogens (tertiary/aromatic N) is 2. The van der Waals surface area contributed by atoms with Gasteiger partial charge in [0.1, 0.15) is 16.4 Å². The van der Waals surface area contributed by atoms with Crippen LogP contribution in [0.2, 0.25) is 15.1 Å². The Morgan fingerprint density at radius 3 is 2.43 bits per heavy atom. The number of imidazole rings is 1. The summed E-state index contributed by atoms with van der Waals surface area (Å²) in [6.07, 6.45) is 1.39. The van der Waals surface area contributed by atoms with Gasteiger partial charge in [0.05, 0.1) is 15.1 Å². The molecule has 1 N–H and O–H groups in total. The number of aryl methyl sites for hydroxylation is 1. The van der Waals surface area contributed by atoms with Crippen LogP contribution in [0.4, 0.5) is 0 Å². The number of benzene rings is 2. The molecule has 0 unspecified atom stereocenters. The smallest absolute Gasteiger partial charge is 0.285 e. The standard InChI is InChI=1S/C17H11BrCl3N3O3S/c1-24-8-13(22-16(24)9-4-2-6-11(19)14(9)21)17(25)23-28(26,27)15-10(18)5-3-7-12(15)20/h2-8H,1H3,(H,23,25). The second-order valence-electron chi connectivity index (χ2n) is 5.65. The minimum atomic E-state index is -4.23. The monoisotopic (exact) mass is 521 g/mol. The second kappa shape index (κ2) is 8.04. The Bertz CT molecular complexity index is 1180. The van der Waals surface area contributed by atoms with Crippen LogP contribution in [-0.2, 0) is 17.1 Å². The number of carbonyl (C=O) groups is 1. The van der Waals surface area contributed by atoms with Gasteiger partial charge in [0, 0.05) is 23.3 Å². The summed E-state index contributed by atoms with van der Waals surface area (Å²) in [5.74, 6) is -0.555. The van der Waals surface area contributed by atoms with Gasteiger partial charge in [0.25, 0.3) is 15.9 Å². The molecular formula is C17H11BrCl3N3O3S. The third-order valence-electron chi connectivity index (χ3n) is 3.72. The van der Waals surface area contributed by atoms with Crippen molar-refractivity contribution >= 4 is 66.7 Å². The van der Waals surface area contributed by atoms with Gasteiger partial charge < -0.3 is 4.57 Å². The maximum atomic E-state index is 12.6. The van der Waals surface area contributed by atoms with Crippen LogP contribution in [0.1, 0.15) is 10.5 Å². The van der Waals surface area contributed by atoms with E-state index in [-0.39, 0.29) is 25.1 Å². The molecule has 1 heterocycles. The molecule has 1 aromatic heterocycles. The minimum Gasteiger partial charge on any atom is -0.333 e. The summed E-state index contributed by atoms with van der Waals surface area (Å²) < 4.78 is 28.9. The van der Waals surface area contributed by atoms with Crippen molar-refractivity contribution in [2.75, 3.05) is 0 Å². The minimum absolute atomic E-state index is 0.0258. The molecule has 0 fully saturated rings. The van der Waals surface area contributed by atoms with Crippen LogP contribution in [0.25, 0.3) is 11.4 Å². The lowest BCUT2D eigenvalue weighted by atomic mass is 10.2. The third kappa shape index (κ3) is 4.06. The highest BCUT2D eigenvalue weighted by Crippen LogP contribution is 2.33. The predicted molar refractivity (Wildman–Crippen MR) is 112 cm³/mol. The Kier molecular flexibility index (Phi) is 6.07. The average molecular weight is 524 g/mol. The van der Waals surface area contributed by atoms with Crippen LogP contribution in [0, 0.1) is 0 Å². The number of nitrogens with one attached hydrogen (secondary N) is 1. The fraction of sp³-hybridized carbons (Fsp3) is 0.0588. The number of amides is 1. The van der Waals surface area contributed by atoms with Crippen molar-refractivity contribution in [3.05, 3.63) is 67.8 Å². The summed E-state index contributed by atoms with van der Waals surface area (Å²) in [7, 11) is -2.58. The third-order valence-corrected chi connectivity index (χ3v) is 7.32. The first-order valence-electron chi connectivity index (χ1n) is 7.60. The molecule has 2 aromatic carbocycles. The lowest BCUT2D eigenvalue weighted by Gasteiger charge is -2.09. The highest BCUT2D eigenvalue weighted by molar-refractivity contribution is 9.10. The molecule has 0 aliphatic heterocycles. The van der Waals surface area contributed by atoms with E-state index in [1.54, 1.807) is 35.9 Å². The van der Waals surface area contributed by atoms with E-state index < -0.39 is 15.9 Å². The van der Waals surface area contributed by atoms with Crippen molar-refractivity contribution in [2.24, 2.45) is 7.05 Å². The summed E-state index contributed by atoms with van der Waals surface area (Å²) in [4.78, 5) is 16.5. The number of sulfonamides is 1. The molecule has 11 heteroatoms. The van der Waals surface area contributed by atoms with Crippen LogP contribution < -0.4 is 4.72 Å². The Hall–Kier alpha value is -1.58. The van der Waals surface area contributed by atoms with E-state index >= 15 is 0 Å². The SMILES string of the molecule is Cn1cc(C(=O)NS(=O)(=O)c2c(Cl)cccc2Br)nc1-c1cccc(Cl)c1Cl. The second-order valence-corrected chi connectivity index (χ2v) is 9.31. The fourth-order valence-corrected chi connectivity index (χ4v) is 5.55. The first-order chi connectivity index (χ1) is 13.1. The molecule has 0 saturated carbocycles. The zero-order valence-electron chi connectivity index (χ0n) is 14.1. The highest BCUT2D eigenvalue weighted by Gasteiger charge is 2.26. The first-order valence-corrected chi connectivity index (χ1v) is 11.0. The van der Waals surface area contributed by atoms with Crippen LogP contribution in [0.5, 0.6) is 0 Å². The van der Waals surface area contributed by atoms with Crippen molar-refractivity contribution in [3.63, 3.8) is 0 Å². The van der Waals surface area contributed by atoms with E-state index in [4.69, 9.17) is 34.8 Å². The number of rotatable bonds is 4. The summed E-state index contributed by atoms with van der Waals surface area (Å²) in [5.41, 5.74) is 0.396. The van der Waals surface area contributed by atoms with Crippen molar-refractivity contribution in [1.29, 1.82) is 0 Å². The average Bonchev–Trinajstić information content (AvgIpc) is 2.98. The van der Waals surface area contributed by atoms with Gasteiger partial charge in [-0.1, -0.05) is 46.9 Å². The molecule has 1 amide bonds. The van der Waals surface area contributed by atoms with Gasteiger partial charge in [-0.15, -0.1) is 0 Å². The normalized spacial score (nSPS) is 11.5. The molecule has 0 aliphatic rings. The van der Waals surface area contributed by atoms with E-state index in [1.165, 1.54) is 18.3 Å². The van der Waals surface area contributed by atoms with E-state index in [0.29, 0.717) is 16.4 Å². The molecule has 146 valence electrons. The Labute approximate surface area is 184 Å². The summed E-state index contributed by atoms with van der Waals surface area (Å²) in [5, 5.41) is 0.582. The molecule has 0 atom stereocenters. The van der Waals surface area contributed by atoms with Crippen molar-refractivity contribution in [2.45, 2.75) is 4.90 Å². The van der Waals surface area contributed by atoms with Crippen molar-refractivity contribution < 1.29 is 13.2 Å². The molecule has 28 heavy (non-hydrogen) atoms. The number of hydrogen-bond donors (Lipinski definition) is 1. The zero-order valence-corrected chi connectivity index (χ0v) is 18.8. The Morgan fingerprint density at radius 2 is 1.75 bits per heavy atom. The number of aromatic nitrogens is 2. The molecule has 0 aliphatic carbocycles. The topological polar surface area (TPSA) is 81.1 Å². The van der Waals surface area contributed by atoms with E-state index in [1.807, 2.05) is 4.72 Å². The summed E-state index contributed by atoms with van der Waals surface area (Å²) in [6, 6.07) is 9.49. The molecule has 0 radical (unpaired) electrons. The lowest BCUT2D eigenvalue weighted by Crippen LogP contribution is -2.31. The maximum Gasteiger partial charge on any atom is 0.285 e. The van der Waals surface area contributed by atoms with E-state index in [0.717, 1.165) is 0 Å². The molecule has 3 aromatic rings. The summed E-state index contributed by atoms with van der Waals surface area (Å²) in [6.45, 7) is 0. The van der Waals surface area contributed by atoms with E-state index in [2.05, 4.69) is 20.9 Å². The van der Waals surface area contributed by atoms with Crippen LogP contribution >= 0.6 is 50.7 Å². The Balaban J connectivity index is 1.95.